The summed E-state index contributed by atoms with van der Waals surface area (Å²) in [6.07, 6.45) is -0.785. The Kier molecular flexibility index (Phi) is 8.36. The van der Waals surface area contributed by atoms with Gasteiger partial charge in [0.2, 0.25) is 11.8 Å². The number of amides is 3. The lowest BCUT2D eigenvalue weighted by molar-refractivity contribution is -0.129. The van der Waals surface area contributed by atoms with Gasteiger partial charge in [-0.3, -0.25) is 19.0 Å². The van der Waals surface area contributed by atoms with E-state index in [2.05, 4.69) is 10.6 Å². The van der Waals surface area contributed by atoms with Crippen LogP contribution >= 0.6 is 7.82 Å². The van der Waals surface area contributed by atoms with Gasteiger partial charge in [-0.25, -0.2) is 9.36 Å². The first-order chi connectivity index (χ1) is 20.0. The zero-order valence-electron chi connectivity index (χ0n) is 23.1. The fourth-order valence-corrected chi connectivity index (χ4v) is 6.09. The molecule has 1 unspecified atom stereocenters. The minimum atomic E-state index is -4.17. The fourth-order valence-electron chi connectivity index (χ4n) is 5.31. The van der Waals surface area contributed by atoms with Crippen LogP contribution in [0.3, 0.4) is 0 Å². The summed E-state index contributed by atoms with van der Waals surface area (Å²) in [7, 11) is -4.17. The molecule has 3 aromatic carbocycles. The number of hydrogen-bond acceptors (Lipinski definition) is 7. The topological polar surface area (TPSA) is 166 Å². The first-order valence-corrected chi connectivity index (χ1v) is 15.0. The predicted octanol–water partition coefficient (Wildman–Crippen LogP) is 3.77. The molecule has 0 aromatic heterocycles. The average Bonchev–Trinajstić information content (AvgIpc) is 3.27. The molecule has 0 fully saturated rings. The number of carbonyl (C=O) groups excluding carboxylic acids is 3. The van der Waals surface area contributed by atoms with Crippen molar-refractivity contribution in [3.05, 3.63) is 89.0 Å². The summed E-state index contributed by atoms with van der Waals surface area (Å²) in [4.78, 5) is 48.0. The van der Waals surface area contributed by atoms with Crippen molar-refractivity contribution < 1.29 is 37.6 Å². The molecule has 42 heavy (non-hydrogen) atoms. The smallest absolute Gasteiger partial charge is 0.449 e. The van der Waals surface area contributed by atoms with Crippen molar-refractivity contribution in [2.45, 2.75) is 44.9 Å². The highest BCUT2D eigenvalue weighted by Crippen LogP contribution is 2.50. The number of phosphoric ester groups is 1. The number of alkyl carbamates (subject to hydrolysis) is 1. The highest BCUT2D eigenvalue weighted by atomic mass is 31.2. The van der Waals surface area contributed by atoms with E-state index in [1.54, 1.807) is 26.0 Å². The third-order valence-corrected chi connectivity index (χ3v) is 8.27. The van der Waals surface area contributed by atoms with Crippen LogP contribution in [-0.4, -0.2) is 41.5 Å². The van der Waals surface area contributed by atoms with Gasteiger partial charge in [0.1, 0.15) is 24.4 Å². The summed E-state index contributed by atoms with van der Waals surface area (Å²) in [5.41, 5.74) is 10.9. The van der Waals surface area contributed by atoms with Gasteiger partial charge in [0.05, 0.1) is 6.61 Å². The number of nitrogens with two attached hydrogens (primary N) is 1. The van der Waals surface area contributed by atoms with E-state index in [1.807, 2.05) is 48.5 Å². The van der Waals surface area contributed by atoms with Gasteiger partial charge in [0.25, 0.3) is 0 Å². The van der Waals surface area contributed by atoms with Crippen molar-refractivity contribution in [3.63, 3.8) is 0 Å². The first kappa shape index (κ1) is 29.3. The Morgan fingerprint density at radius 1 is 1.02 bits per heavy atom. The fraction of sp³-hybridized carbons (Fsp3) is 0.300. The van der Waals surface area contributed by atoms with Crippen molar-refractivity contribution in [2.75, 3.05) is 6.61 Å². The van der Waals surface area contributed by atoms with Crippen LogP contribution in [0.2, 0.25) is 0 Å². The summed E-state index contributed by atoms with van der Waals surface area (Å²) in [5, 5.41) is 5.28. The lowest BCUT2D eigenvalue weighted by atomic mass is 9.98. The highest BCUT2D eigenvalue weighted by molar-refractivity contribution is 7.47. The molecule has 0 saturated carbocycles. The van der Waals surface area contributed by atoms with Crippen LogP contribution in [0.15, 0.2) is 66.7 Å². The van der Waals surface area contributed by atoms with Crippen LogP contribution in [0.5, 0.6) is 5.75 Å². The van der Waals surface area contributed by atoms with E-state index < -0.39 is 37.8 Å². The van der Waals surface area contributed by atoms with Crippen molar-refractivity contribution in [3.8, 4) is 16.9 Å². The summed E-state index contributed by atoms with van der Waals surface area (Å²) < 4.78 is 27.2. The number of primary amides is 1. The van der Waals surface area contributed by atoms with Crippen LogP contribution in [0.4, 0.5) is 4.79 Å². The zero-order chi connectivity index (χ0) is 30.0. The second-order valence-corrected chi connectivity index (χ2v) is 12.0. The van der Waals surface area contributed by atoms with Crippen LogP contribution in [0.25, 0.3) is 11.1 Å². The molecule has 3 atom stereocenters. The van der Waals surface area contributed by atoms with Crippen LogP contribution in [0.1, 0.15) is 42.0 Å². The quantitative estimate of drug-likeness (QED) is 0.272. The van der Waals surface area contributed by atoms with Crippen LogP contribution < -0.4 is 20.9 Å². The summed E-state index contributed by atoms with van der Waals surface area (Å²) in [6, 6.07) is 18.6. The molecule has 3 amide bonds. The van der Waals surface area contributed by atoms with E-state index in [-0.39, 0.29) is 37.2 Å². The number of ether oxygens (including phenoxy) is 1. The van der Waals surface area contributed by atoms with E-state index in [4.69, 9.17) is 19.5 Å². The third-order valence-electron chi connectivity index (χ3n) is 7.38. The second kappa shape index (κ2) is 12.0. The lowest BCUT2D eigenvalue weighted by Crippen LogP contribution is -2.55. The minimum absolute atomic E-state index is 0.0175. The second-order valence-electron chi connectivity index (χ2n) is 10.6. The van der Waals surface area contributed by atoms with Gasteiger partial charge < -0.3 is 25.6 Å². The van der Waals surface area contributed by atoms with Crippen molar-refractivity contribution in [2.24, 2.45) is 11.7 Å². The summed E-state index contributed by atoms with van der Waals surface area (Å²) in [6.45, 7) is 3.38. The highest BCUT2D eigenvalue weighted by Gasteiger charge is 2.33. The summed E-state index contributed by atoms with van der Waals surface area (Å²) in [5.74, 6) is -1.58. The number of phosphoric acid groups is 1. The van der Waals surface area contributed by atoms with Crippen LogP contribution in [-0.2, 0) is 36.4 Å². The first-order valence-electron chi connectivity index (χ1n) is 13.5. The predicted molar refractivity (Wildman–Crippen MR) is 153 cm³/mol. The van der Waals surface area contributed by atoms with E-state index >= 15 is 0 Å². The molecular formula is C30H32N3O8P. The van der Waals surface area contributed by atoms with Crippen molar-refractivity contribution in [1.29, 1.82) is 0 Å². The molecule has 0 spiro atoms. The van der Waals surface area contributed by atoms with Gasteiger partial charge in [-0.15, -0.1) is 0 Å². The number of rotatable bonds is 9. The van der Waals surface area contributed by atoms with Gasteiger partial charge in [0.15, 0.2) is 0 Å². The van der Waals surface area contributed by atoms with E-state index in [0.717, 1.165) is 22.3 Å². The Labute approximate surface area is 243 Å². The van der Waals surface area contributed by atoms with Gasteiger partial charge >= 0.3 is 13.9 Å². The van der Waals surface area contributed by atoms with E-state index in [1.165, 1.54) is 6.07 Å². The molecule has 5 rings (SSSR count). The van der Waals surface area contributed by atoms with E-state index in [9.17, 15) is 23.8 Å². The lowest BCUT2D eigenvalue weighted by Gasteiger charge is -2.25. The molecule has 0 bridgehead atoms. The van der Waals surface area contributed by atoms with Gasteiger partial charge in [0, 0.05) is 17.9 Å². The Balaban J connectivity index is 1.32. The van der Waals surface area contributed by atoms with Gasteiger partial charge in [-0.1, -0.05) is 68.4 Å². The van der Waals surface area contributed by atoms with Crippen molar-refractivity contribution >= 4 is 25.7 Å². The third kappa shape index (κ3) is 6.33. The molecule has 5 N–H and O–H groups in total. The number of fused-ring (bicyclic) bond motifs is 4. The number of hydrogen-bond donors (Lipinski definition) is 4. The minimum Gasteiger partial charge on any atom is -0.449 e. The summed E-state index contributed by atoms with van der Waals surface area (Å²) >= 11 is 0. The standard InChI is InChI=1S/C30H32N3O8P/c1-17(2)27(28(31)34)33-29(35)25(14-18-11-12-26-19(13-18)15-40-42(37,38)41-26)32-30(36)39-16-24-22-9-5-3-7-20(22)21-8-4-6-10-23(21)24/h3-13,17,24-25,27H,14-16H2,1-2H3,(H2,31,34)(H,32,36)(H,33,35)(H,37,38)/t25-,27-/m0/s1. The Morgan fingerprint density at radius 2 is 1.67 bits per heavy atom. The Bertz CT molecular complexity index is 1530. The van der Waals surface area contributed by atoms with E-state index in [0.29, 0.717) is 11.1 Å². The molecular weight excluding hydrogens is 561 g/mol. The van der Waals surface area contributed by atoms with Gasteiger partial charge in [-0.05, 0) is 45.9 Å². The monoisotopic (exact) mass is 593 g/mol. The number of benzene rings is 3. The average molecular weight is 594 g/mol. The maximum Gasteiger partial charge on any atom is 0.527 e. The maximum absolute atomic E-state index is 13.4. The molecule has 1 aliphatic heterocycles. The molecule has 0 radical (unpaired) electrons. The molecule has 2 aliphatic rings. The molecule has 11 nitrogen and oxygen atoms in total. The molecule has 3 aromatic rings. The maximum atomic E-state index is 13.4. The van der Waals surface area contributed by atoms with Crippen molar-refractivity contribution in [1.82, 2.24) is 10.6 Å². The zero-order valence-corrected chi connectivity index (χ0v) is 24.0. The molecule has 1 heterocycles. The number of nitrogens with one attached hydrogen (secondary N) is 2. The molecule has 1 aliphatic carbocycles. The van der Waals surface area contributed by atoms with Crippen LogP contribution in [0, 0.1) is 5.92 Å². The number of carbonyl (C=O) groups is 3. The normalized spacial score (nSPS) is 18.6. The Hall–Kier alpha value is -4.18. The molecule has 12 heteroatoms. The largest absolute Gasteiger partial charge is 0.527 e. The SMILES string of the molecule is CC(C)[C@H](NC(=O)[C@H](Cc1ccc2c(c1)COP(=O)(O)O2)NC(=O)OCC1c2ccccc2-c2ccccc21)C(N)=O. The Morgan fingerprint density at radius 3 is 2.29 bits per heavy atom. The molecule has 0 saturated heterocycles. The van der Waals surface area contributed by atoms with Gasteiger partial charge in [-0.2, -0.15) is 0 Å². The molecule has 220 valence electrons.